The second-order valence-corrected chi connectivity index (χ2v) is 5.92. The number of hydrogen-bond acceptors (Lipinski definition) is 4. The zero-order valence-electron chi connectivity index (χ0n) is 11.7. The van der Waals surface area contributed by atoms with Crippen molar-refractivity contribution in [1.82, 2.24) is 10.2 Å². The molecular formula is C14H22N2O4. The third-order valence-electron chi connectivity index (χ3n) is 4.10. The SMILES string of the molecule is O=C1CCC(C(=O)N2CCOC(COCC3CC3)C2)N1. The monoisotopic (exact) mass is 282 g/mol. The molecule has 20 heavy (non-hydrogen) atoms. The normalized spacial score (nSPS) is 30.4. The molecule has 2 atom stereocenters. The first-order valence-electron chi connectivity index (χ1n) is 7.50. The quantitative estimate of drug-likeness (QED) is 0.766. The molecule has 6 heteroatoms. The van der Waals surface area contributed by atoms with Gasteiger partial charge in [0, 0.05) is 26.1 Å². The van der Waals surface area contributed by atoms with Crippen molar-refractivity contribution in [1.29, 1.82) is 0 Å². The summed E-state index contributed by atoms with van der Waals surface area (Å²) >= 11 is 0. The van der Waals surface area contributed by atoms with Crippen molar-refractivity contribution in [2.45, 2.75) is 37.8 Å². The molecule has 2 unspecified atom stereocenters. The van der Waals surface area contributed by atoms with Crippen LogP contribution in [0.5, 0.6) is 0 Å². The van der Waals surface area contributed by atoms with Gasteiger partial charge in [0.05, 0.1) is 19.3 Å². The van der Waals surface area contributed by atoms with E-state index in [0.717, 1.165) is 12.5 Å². The van der Waals surface area contributed by atoms with E-state index in [4.69, 9.17) is 9.47 Å². The minimum absolute atomic E-state index is 0.0198. The molecule has 1 saturated carbocycles. The lowest BCUT2D eigenvalue weighted by Crippen LogP contribution is -2.52. The number of morpholine rings is 1. The van der Waals surface area contributed by atoms with E-state index >= 15 is 0 Å². The highest BCUT2D eigenvalue weighted by atomic mass is 16.5. The van der Waals surface area contributed by atoms with Gasteiger partial charge in [-0.2, -0.15) is 0 Å². The van der Waals surface area contributed by atoms with Gasteiger partial charge in [0.15, 0.2) is 0 Å². The highest BCUT2D eigenvalue weighted by Crippen LogP contribution is 2.28. The lowest BCUT2D eigenvalue weighted by molar-refractivity contribution is -0.143. The minimum Gasteiger partial charge on any atom is -0.378 e. The first kappa shape index (κ1) is 13.8. The third kappa shape index (κ3) is 3.49. The van der Waals surface area contributed by atoms with Gasteiger partial charge in [-0.05, 0) is 25.2 Å². The Balaban J connectivity index is 1.44. The summed E-state index contributed by atoms with van der Waals surface area (Å²) in [7, 11) is 0. The second kappa shape index (κ2) is 6.10. The lowest BCUT2D eigenvalue weighted by Gasteiger charge is -2.34. The maximum absolute atomic E-state index is 12.3. The van der Waals surface area contributed by atoms with Crippen molar-refractivity contribution in [3.63, 3.8) is 0 Å². The summed E-state index contributed by atoms with van der Waals surface area (Å²) in [6, 6.07) is -0.339. The van der Waals surface area contributed by atoms with Gasteiger partial charge in [0.2, 0.25) is 11.8 Å². The van der Waals surface area contributed by atoms with E-state index in [9.17, 15) is 9.59 Å². The fourth-order valence-corrected chi connectivity index (χ4v) is 2.69. The van der Waals surface area contributed by atoms with Crippen molar-refractivity contribution in [2.24, 2.45) is 5.92 Å². The van der Waals surface area contributed by atoms with E-state index in [-0.39, 0.29) is 24.0 Å². The molecule has 0 aromatic rings. The summed E-state index contributed by atoms with van der Waals surface area (Å²) in [5, 5.41) is 2.73. The smallest absolute Gasteiger partial charge is 0.245 e. The van der Waals surface area contributed by atoms with Crippen LogP contribution in [0, 0.1) is 5.92 Å². The Labute approximate surface area is 118 Å². The average Bonchev–Trinajstić information content (AvgIpc) is 3.18. The topological polar surface area (TPSA) is 67.9 Å². The molecule has 3 fully saturated rings. The van der Waals surface area contributed by atoms with Gasteiger partial charge in [0.1, 0.15) is 6.04 Å². The van der Waals surface area contributed by atoms with Gasteiger partial charge in [-0.15, -0.1) is 0 Å². The van der Waals surface area contributed by atoms with Crippen LogP contribution in [0.2, 0.25) is 0 Å². The predicted octanol–water partition coefficient (Wildman–Crippen LogP) is -0.0810. The van der Waals surface area contributed by atoms with Gasteiger partial charge in [0.25, 0.3) is 0 Å². The maximum atomic E-state index is 12.3. The van der Waals surface area contributed by atoms with Gasteiger partial charge in [-0.3, -0.25) is 9.59 Å². The molecule has 2 amide bonds. The Morgan fingerprint density at radius 3 is 2.90 bits per heavy atom. The zero-order chi connectivity index (χ0) is 13.9. The Morgan fingerprint density at radius 2 is 2.20 bits per heavy atom. The molecule has 0 spiro atoms. The molecular weight excluding hydrogens is 260 g/mol. The predicted molar refractivity (Wildman–Crippen MR) is 71.0 cm³/mol. The number of carbonyl (C=O) groups is 2. The molecule has 0 bridgehead atoms. The summed E-state index contributed by atoms with van der Waals surface area (Å²) in [5.74, 6) is 0.734. The van der Waals surface area contributed by atoms with Crippen LogP contribution in [0.25, 0.3) is 0 Å². The summed E-state index contributed by atoms with van der Waals surface area (Å²) < 4.78 is 11.3. The van der Waals surface area contributed by atoms with Crippen LogP contribution in [-0.4, -0.2) is 61.8 Å². The fraction of sp³-hybridized carbons (Fsp3) is 0.857. The number of carbonyl (C=O) groups excluding carboxylic acids is 2. The van der Waals surface area contributed by atoms with E-state index < -0.39 is 0 Å². The number of nitrogens with one attached hydrogen (secondary N) is 1. The van der Waals surface area contributed by atoms with Crippen LogP contribution in [0.3, 0.4) is 0 Å². The van der Waals surface area contributed by atoms with E-state index in [1.165, 1.54) is 12.8 Å². The minimum atomic E-state index is -0.339. The molecule has 2 heterocycles. The molecule has 1 aliphatic carbocycles. The van der Waals surface area contributed by atoms with Crippen molar-refractivity contribution in [3.8, 4) is 0 Å². The van der Waals surface area contributed by atoms with Crippen LogP contribution < -0.4 is 5.32 Å². The van der Waals surface area contributed by atoms with Crippen LogP contribution in [-0.2, 0) is 19.1 Å². The summed E-state index contributed by atoms with van der Waals surface area (Å²) in [6.07, 6.45) is 3.57. The van der Waals surface area contributed by atoms with Crippen LogP contribution in [0.4, 0.5) is 0 Å². The highest BCUT2D eigenvalue weighted by molar-refractivity contribution is 5.90. The highest BCUT2D eigenvalue weighted by Gasteiger charge is 2.33. The number of ether oxygens (including phenoxy) is 2. The number of rotatable bonds is 5. The molecule has 0 radical (unpaired) electrons. The van der Waals surface area contributed by atoms with Crippen molar-refractivity contribution in [2.75, 3.05) is 32.9 Å². The molecule has 2 saturated heterocycles. The third-order valence-corrected chi connectivity index (χ3v) is 4.10. The lowest BCUT2D eigenvalue weighted by atomic mass is 10.2. The molecule has 0 aromatic heterocycles. The second-order valence-electron chi connectivity index (χ2n) is 5.92. The Hall–Kier alpha value is -1.14. The molecule has 3 aliphatic rings. The number of amides is 2. The van der Waals surface area contributed by atoms with Crippen LogP contribution >= 0.6 is 0 Å². The summed E-state index contributed by atoms with van der Waals surface area (Å²) in [5.41, 5.74) is 0. The van der Waals surface area contributed by atoms with Gasteiger partial charge in [-0.1, -0.05) is 0 Å². The Morgan fingerprint density at radius 1 is 1.35 bits per heavy atom. The van der Waals surface area contributed by atoms with Gasteiger partial charge in [-0.25, -0.2) is 0 Å². The zero-order valence-corrected chi connectivity index (χ0v) is 11.7. The molecule has 2 aliphatic heterocycles. The number of hydrogen-bond donors (Lipinski definition) is 1. The standard InChI is InChI=1S/C14H22N2O4/c17-13-4-3-12(15-13)14(18)16-5-6-20-11(7-16)9-19-8-10-1-2-10/h10-12H,1-9H2,(H,15,17). The molecule has 6 nitrogen and oxygen atoms in total. The first-order valence-corrected chi connectivity index (χ1v) is 7.50. The number of nitrogens with zero attached hydrogens (tertiary/aromatic N) is 1. The Kier molecular flexibility index (Phi) is 4.21. The van der Waals surface area contributed by atoms with Crippen molar-refractivity contribution >= 4 is 11.8 Å². The van der Waals surface area contributed by atoms with E-state index in [0.29, 0.717) is 39.1 Å². The molecule has 1 N–H and O–H groups in total. The molecule has 112 valence electrons. The largest absolute Gasteiger partial charge is 0.378 e. The first-order chi connectivity index (χ1) is 9.72. The van der Waals surface area contributed by atoms with E-state index in [1.807, 2.05) is 0 Å². The van der Waals surface area contributed by atoms with E-state index in [1.54, 1.807) is 4.90 Å². The average molecular weight is 282 g/mol. The Bertz CT molecular complexity index is 383. The van der Waals surface area contributed by atoms with Crippen LogP contribution in [0.15, 0.2) is 0 Å². The van der Waals surface area contributed by atoms with Crippen molar-refractivity contribution in [3.05, 3.63) is 0 Å². The molecule has 0 aromatic carbocycles. The van der Waals surface area contributed by atoms with E-state index in [2.05, 4.69) is 5.32 Å². The van der Waals surface area contributed by atoms with Gasteiger partial charge < -0.3 is 19.7 Å². The molecule has 3 rings (SSSR count). The maximum Gasteiger partial charge on any atom is 0.245 e. The summed E-state index contributed by atoms with van der Waals surface area (Å²) in [4.78, 5) is 25.3. The van der Waals surface area contributed by atoms with Gasteiger partial charge >= 0.3 is 0 Å². The van der Waals surface area contributed by atoms with Crippen LogP contribution in [0.1, 0.15) is 25.7 Å². The fourth-order valence-electron chi connectivity index (χ4n) is 2.69. The van der Waals surface area contributed by atoms with Crippen molar-refractivity contribution < 1.29 is 19.1 Å². The summed E-state index contributed by atoms with van der Waals surface area (Å²) in [6.45, 7) is 3.08.